The standard InChI is InChI=1S/C19H32N4O3/c1-13(2)17(25)23-11-9-14(10-12-23)20-15(24)7-6-8-16-21-18(22-26-16)19(3,4)5/h13-14H,6-12H2,1-5H3,(H,20,24). The molecule has 2 heterocycles. The molecule has 0 spiro atoms. The number of hydrogen-bond donors (Lipinski definition) is 1. The molecule has 0 saturated carbocycles. The minimum absolute atomic E-state index is 0.0321. The summed E-state index contributed by atoms with van der Waals surface area (Å²) in [6, 6.07) is 0.162. The molecule has 0 bridgehead atoms. The Kier molecular flexibility index (Phi) is 6.78. The van der Waals surface area contributed by atoms with Gasteiger partial charge in [0.2, 0.25) is 17.7 Å². The molecule has 7 heteroatoms. The van der Waals surface area contributed by atoms with Crippen LogP contribution in [0.1, 0.15) is 72.0 Å². The predicted molar refractivity (Wildman–Crippen MR) is 98.5 cm³/mol. The minimum Gasteiger partial charge on any atom is -0.353 e. The van der Waals surface area contributed by atoms with Gasteiger partial charge in [0.25, 0.3) is 0 Å². The molecule has 1 N–H and O–H groups in total. The van der Waals surface area contributed by atoms with E-state index in [0.717, 1.165) is 25.9 Å². The van der Waals surface area contributed by atoms with E-state index in [4.69, 9.17) is 4.52 Å². The number of likely N-dealkylation sites (tertiary alicyclic amines) is 1. The Morgan fingerprint density at radius 1 is 1.27 bits per heavy atom. The minimum atomic E-state index is -0.134. The molecule has 1 aliphatic rings. The monoisotopic (exact) mass is 364 g/mol. The maximum atomic E-state index is 12.1. The average molecular weight is 364 g/mol. The highest BCUT2D eigenvalue weighted by Crippen LogP contribution is 2.19. The largest absolute Gasteiger partial charge is 0.353 e. The second kappa shape index (κ2) is 8.64. The highest BCUT2D eigenvalue weighted by atomic mass is 16.5. The van der Waals surface area contributed by atoms with E-state index in [1.165, 1.54) is 0 Å². The molecule has 0 atom stereocenters. The Hall–Kier alpha value is -1.92. The Balaban J connectivity index is 1.67. The fourth-order valence-corrected chi connectivity index (χ4v) is 2.97. The SMILES string of the molecule is CC(C)C(=O)N1CCC(NC(=O)CCCc2nc(C(C)(C)C)no2)CC1. The summed E-state index contributed by atoms with van der Waals surface area (Å²) in [6.45, 7) is 11.4. The lowest BCUT2D eigenvalue weighted by Gasteiger charge is -2.33. The van der Waals surface area contributed by atoms with Crippen molar-refractivity contribution in [2.24, 2.45) is 5.92 Å². The van der Waals surface area contributed by atoms with Gasteiger partial charge in [0.05, 0.1) is 0 Å². The molecule has 0 aromatic carbocycles. The zero-order valence-electron chi connectivity index (χ0n) is 16.7. The molecule has 2 rings (SSSR count). The lowest BCUT2D eigenvalue weighted by atomic mass is 9.96. The van der Waals surface area contributed by atoms with Crippen molar-refractivity contribution < 1.29 is 14.1 Å². The molecular weight excluding hydrogens is 332 g/mol. The highest BCUT2D eigenvalue weighted by Gasteiger charge is 2.25. The molecule has 146 valence electrons. The van der Waals surface area contributed by atoms with Gasteiger partial charge in [-0.25, -0.2) is 0 Å². The lowest BCUT2D eigenvalue weighted by Crippen LogP contribution is -2.47. The molecular formula is C19H32N4O3. The van der Waals surface area contributed by atoms with Crippen LogP contribution in [-0.2, 0) is 21.4 Å². The number of amides is 2. The van der Waals surface area contributed by atoms with E-state index in [2.05, 4.69) is 15.5 Å². The number of nitrogens with zero attached hydrogens (tertiary/aromatic N) is 3. The maximum absolute atomic E-state index is 12.1. The van der Waals surface area contributed by atoms with Crippen LogP contribution in [0.15, 0.2) is 4.52 Å². The van der Waals surface area contributed by atoms with Crippen molar-refractivity contribution in [3.63, 3.8) is 0 Å². The van der Waals surface area contributed by atoms with Crippen molar-refractivity contribution >= 4 is 11.8 Å². The zero-order chi connectivity index (χ0) is 19.3. The van der Waals surface area contributed by atoms with Gasteiger partial charge in [-0.3, -0.25) is 9.59 Å². The Bertz CT molecular complexity index is 611. The van der Waals surface area contributed by atoms with E-state index in [0.29, 0.717) is 31.0 Å². The number of carbonyl (C=O) groups excluding carboxylic acids is 2. The molecule has 1 aromatic rings. The number of carbonyl (C=O) groups is 2. The van der Waals surface area contributed by atoms with Gasteiger partial charge in [-0.15, -0.1) is 0 Å². The predicted octanol–water partition coefficient (Wildman–Crippen LogP) is 2.45. The normalized spacial score (nSPS) is 16.2. The Labute approximate surface area is 155 Å². The van der Waals surface area contributed by atoms with E-state index in [1.807, 2.05) is 39.5 Å². The summed E-state index contributed by atoms with van der Waals surface area (Å²) in [4.78, 5) is 30.4. The number of rotatable bonds is 6. The van der Waals surface area contributed by atoms with Gasteiger partial charge < -0.3 is 14.7 Å². The van der Waals surface area contributed by atoms with Gasteiger partial charge in [0, 0.05) is 43.3 Å². The van der Waals surface area contributed by atoms with Crippen molar-refractivity contribution in [1.29, 1.82) is 0 Å². The number of piperidine rings is 1. The molecule has 1 fully saturated rings. The molecule has 0 aliphatic carbocycles. The Morgan fingerprint density at radius 3 is 2.46 bits per heavy atom. The number of aromatic nitrogens is 2. The first-order valence-electron chi connectivity index (χ1n) is 9.58. The van der Waals surface area contributed by atoms with E-state index in [1.54, 1.807) is 0 Å². The average Bonchev–Trinajstić information content (AvgIpc) is 3.04. The van der Waals surface area contributed by atoms with Crippen molar-refractivity contribution in [3.05, 3.63) is 11.7 Å². The number of nitrogens with one attached hydrogen (secondary N) is 1. The molecule has 0 unspecified atom stereocenters. The van der Waals surface area contributed by atoms with Gasteiger partial charge in [0.1, 0.15) is 0 Å². The smallest absolute Gasteiger partial charge is 0.226 e. The van der Waals surface area contributed by atoms with Gasteiger partial charge in [0.15, 0.2) is 5.82 Å². The molecule has 7 nitrogen and oxygen atoms in total. The summed E-state index contributed by atoms with van der Waals surface area (Å²) in [6.07, 6.45) is 3.38. The zero-order valence-corrected chi connectivity index (χ0v) is 16.7. The van der Waals surface area contributed by atoms with Crippen LogP contribution in [-0.4, -0.2) is 46.0 Å². The summed E-state index contributed by atoms with van der Waals surface area (Å²) in [5.41, 5.74) is -0.134. The van der Waals surface area contributed by atoms with Gasteiger partial charge in [-0.2, -0.15) is 4.98 Å². The first-order valence-corrected chi connectivity index (χ1v) is 9.58. The van der Waals surface area contributed by atoms with E-state index >= 15 is 0 Å². The molecule has 1 saturated heterocycles. The first-order chi connectivity index (χ1) is 12.2. The maximum Gasteiger partial charge on any atom is 0.226 e. The fourth-order valence-electron chi connectivity index (χ4n) is 2.97. The van der Waals surface area contributed by atoms with Gasteiger partial charge in [-0.1, -0.05) is 39.8 Å². The summed E-state index contributed by atoms with van der Waals surface area (Å²) in [5, 5.41) is 7.07. The van der Waals surface area contributed by atoms with Gasteiger partial charge >= 0.3 is 0 Å². The van der Waals surface area contributed by atoms with Gasteiger partial charge in [-0.05, 0) is 19.3 Å². The van der Waals surface area contributed by atoms with Crippen LogP contribution in [0.4, 0.5) is 0 Å². The van der Waals surface area contributed by atoms with Crippen LogP contribution in [0, 0.1) is 5.92 Å². The lowest BCUT2D eigenvalue weighted by molar-refractivity contribution is -0.135. The summed E-state index contributed by atoms with van der Waals surface area (Å²) in [5.74, 6) is 1.56. The highest BCUT2D eigenvalue weighted by molar-refractivity contribution is 5.78. The third kappa shape index (κ3) is 5.81. The van der Waals surface area contributed by atoms with Crippen LogP contribution in [0.3, 0.4) is 0 Å². The summed E-state index contributed by atoms with van der Waals surface area (Å²) in [7, 11) is 0. The van der Waals surface area contributed by atoms with Crippen molar-refractivity contribution in [3.8, 4) is 0 Å². The van der Waals surface area contributed by atoms with Crippen LogP contribution in [0.2, 0.25) is 0 Å². The second-order valence-corrected chi connectivity index (χ2v) is 8.44. The van der Waals surface area contributed by atoms with Crippen molar-refractivity contribution in [2.45, 2.75) is 78.2 Å². The third-order valence-electron chi connectivity index (χ3n) is 4.60. The molecule has 1 aromatic heterocycles. The molecule has 2 amide bonds. The molecule has 26 heavy (non-hydrogen) atoms. The molecule has 0 radical (unpaired) electrons. The topological polar surface area (TPSA) is 88.3 Å². The Morgan fingerprint density at radius 2 is 1.92 bits per heavy atom. The van der Waals surface area contributed by atoms with E-state index in [9.17, 15) is 9.59 Å². The van der Waals surface area contributed by atoms with E-state index in [-0.39, 0.29) is 29.2 Å². The van der Waals surface area contributed by atoms with Crippen LogP contribution in [0.25, 0.3) is 0 Å². The third-order valence-corrected chi connectivity index (χ3v) is 4.60. The number of aryl methyl sites for hydroxylation is 1. The summed E-state index contributed by atoms with van der Waals surface area (Å²) < 4.78 is 5.25. The van der Waals surface area contributed by atoms with E-state index < -0.39 is 0 Å². The van der Waals surface area contributed by atoms with Crippen LogP contribution in [0.5, 0.6) is 0 Å². The van der Waals surface area contributed by atoms with Crippen molar-refractivity contribution in [1.82, 2.24) is 20.4 Å². The van der Waals surface area contributed by atoms with Crippen LogP contribution < -0.4 is 5.32 Å². The summed E-state index contributed by atoms with van der Waals surface area (Å²) >= 11 is 0. The fraction of sp³-hybridized carbons (Fsp3) is 0.789. The quantitative estimate of drug-likeness (QED) is 0.837. The van der Waals surface area contributed by atoms with Crippen LogP contribution >= 0.6 is 0 Å². The first kappa shape index (κ1) is 20.4. The van der Waals surface area contributed by atoms with Crippen molar-refractivity contribution in [2.75, 3.05) is 13.1 Å². The molecule has 1 aliphatic heterocycles. The number of hydrogen-bond acceptors (Lipinski definition) is 5. The second-order valence-electron chi connectivity index (χ2n) is 8.44.